The van der Waals surface area contributed by atoms with E-state index in [-0.39, 0.29) is 0 Å². The van der Waals surface area contributed by atoms with Crippen molar-refractivity contribution in [2.75, 3.05) is 0 Å². The SMILES string of the molecule is C=C/C=C(\C=C/C)C(/C)=C/C(C)=C\C. The van der Waals surface area contributed by atoms with Crippen LogP contribution >= 0.6 is 0 Å². The highest BCUT2D eigenvalue weighted by molar-refractivity contribution is 5.43. The summed E-state index contributed by atoms with van der Waals surface area (Å²) in [4.78, 5) is 0. The molecule has 0 aromatic carbocycles. The van der Waals surface area contributed by atoms with Gasteiger partial charge in [-0.1, -0.05) is 48.6 Å². The summed E-state index contributed by atoms with van der Waals surface area (Å²) < 4.78 is 0. The zero-order valence-corrected chi connectivity index (χ0v) is 9.67. The van der Waals surface area contributed by atoms with Gasteiger partial charge in [0.25, 0.3) is 0 Å². The van der Waals surface area contributed by atoms with Gasteiger partial charge in [0.1, 0.15) is 0 Å². The normalized spacial score (nSPS) is 15.0. The molecule has 14 heavy (non-hydrogen) atoms. The maximum Gasteiger partial charge on any atom is -0.0231 e. The monoisotopic (exact) mass is 188 g/mol. The molecule has 0 N–H and O–H groups in total. The fourth-order valence-corrected chi connectivity index (χ4v) is 1.13. The van der Waals surface area contributed by atoms with Crippen molar-refractivity contribution in [3.63, 3.8) is 0 Å². The third-order valence-electron chi connectivity index (χ3n) is 2.00. The number of rotatable bonds is 4. The Labute approximate surface area is 88.0 Å². The number of hydrogen-bond acceptors (Lipinski definition) is 0. The van der Waals surface area contributed by atoms with E-state index in [1.807, 2.05) is 32.1 Å². The van der Waals surface area contributed by atoms with Gasteiger partial charge < -0.3 is 0 Å². The lowest BCUT2D eigenvalue weighted by molar-refractivity contribution is 1.36. The molecule has 76 valence electrons. The number of allylic oxidation sites excluding steroid dienone is 9. The van der Waals surface area contributed by atoms with Crippen molar-refractivity contribution < 1.29 is 0 Å². The first-order valence-electron chi connectivity index (χ1n) is 4.92. The molecule has 0 aromatic rings. The second-order valence-electron chi connectivity index (χ2n) is 3.22. The van der Waals surface area contributed by atoms with Crippen LogP contribution in [0.1, 0.15) is 27.7 Å². The van der Waals surface area contributed by atoms with E-state index in [2.05, 4.69) is 38.7 Å². The van der Waals surface area contributed by atoms with Crippen molar-refractivity contribution in [2.45, 2.75) is 27.7 Å². The van der Waals surface area contributed by atoms with Gasteiger partial charge in [0.15, 0.2) is 0 Å². The van der Waals surface area contributed by atoms with Crippen molar-refractivity contribution >= 4 is 0 Å². The van der Waals surface area contributed by atoms with Crippen LogP contribution in [-0.4, -0.2) is 0 Å². The van der Waals surface area contributed by atoms with E-state index in [1.165, 1.54) is 16.7 Å². The Bertz CT molecular complexity index is 296. The Balaban J connectivity index is 4.95. The molecular formula is C14H20. The third kappa shape index (κ3) is 4.66. The summed E-state index contributed by atoms with van der Waals surface area (Å²) in [5, 5.41) is 0. The second kappa shape index (κ2) is 7.14. The zero-order chi connectivity index (χ0) is 11.0. The quantitative estimate of drug-likeness (QED) is 0.566. The van der Waals surface area contributed by atoms with Crippen molar-refractivity contribution in [1.29, 1.82) is 0 Å². The molecule has 0 saturated heterocycles. The van der Waals surface area contributed by atoms with Crippen LogP contribution in [0.5, 0.6) is 0 Å². The van der Waals surface area contributed by atoms with Crippen LogP contribution in [-0.2, 0) is 0 Å². The minimum absolute atomic E-state index is 1.21. The summed E-state index contributed by atoms with van der Waals surface area (Å²) in [5.74, 6) is 0. The highest BCUT2D eigenvalue weighted by Crippen LogP contribution is 2.13. The van der Waals surface area contributed by atoms with E-state index in [0.717, 1.165) is 0 Å². The van der Waals surface area contributed by atoms with Gasteiger partial charge >= 0.3 is 0 Å². The van der Waals surface area contributed by atoms with Gasteiger partial charge in [-0.05, 0) is 38.8 Å². The molecule has 0 aliphatic heterocycles. The standard InChI is InChI=1S/C14H20/c1-6-9-14(10-7-2)13(5)11-12(4)8-3/h6-11H,1H2,2-5H3/b10-7-,12-8-,13-11+,14-9+. The van der Waals surface area contributed by atoms with Crippen LogP contribution in [0.2, 0.25) is 0 Å². The maximum absolute atomic E-state index is 3.71. The van der Waals surface area contributed by atoms with Gasteiger partial charge in [-0.2, -0.15) is 0 Å². The molecule has 0 aliphatic rings. The summed E-state index contributed by atoms with van der Waals surface area (Å²) in [7, 11) is 0. The first kappa shape index (κ1) is 12.7. The third-order valence-corrected chi connectivity index (χ3v) is 2.00. The van der Waals surface area contributed by atoms with Gasteiger partial charge in [-0.3, -0.25) is 0 Å². The van der Waals surface area contributed by atoms with E-state index in [9.17, 15) is 0 Å². The lowest BCUT2D eigenvalue weighted by Crippen LogP contribution is -1.82. The predicted octanol–water partition coefficient (Wildman–Crippen LogP) is 4.59. The van der Waals surface area contributed by atoms with Gasteiger partial charge in [0.05, 0.1) is 0 Å². The molecule has 0 atom stereocenters. The van der Waals surface area contributed by atoms with Crippen molar-refractivity contribution in [3.05, 3.63) is 59.8 Å². The lowest BCUT2D eigenvalue weighted by atomic mass is 10.0. The molecule has 0 aromatic heterocycles. The molecule has 0 fully saturated rings. The summed E-state index contributed by atoms with van der Waals surface area (Å²) in [6.45, 7) is 12.0. The first-order valence-corrected chi connectivity index (χ1v) is 4.92. The molecule has 0 amide bonds. The Hall–Kier alpha value is -1.30. The predicted molar refractivity (Wildman–Crippen MR) is 66.3 cm³/mol. The molecule has 0 nitrogen and oxygen atoms in total. The molecule has 0 heteroatoms. The Kier molecular flexibility index (Phi) is 6.47. The van der Waals surface area contributed by atoms with E-state index < -0.39 is 0 Å². The minimum atomic E-state index is 1.21. The molecule has 0 rings (SSSR count). The van der Waals surface area contributed by atoms with Crippen LogP contribution in [0.3, 0.4) is 0 Å². The van der Waals surface area contributed by atoms with E-state index in [4.69, 9.17) is 0 Å². The highest BCUT2D eigenvalue weighted by Gasteiger charge is 1.93. The molecule has 0 saturated carbocycles. The molecule has 0 radical (unpaired) electrons. The van der Waals surface area contributed by atoms with Crippen molar-refractivity contribution in [2.24, 2.45) is 0 Å². The van der Waals surface area contributed by atoms with Gasteiger partial charge in [-0.25, -0.2) is 0 Å². The van der Waals surface area contributed by atoms with Gasteiger partial charge in [0, 0.05) is 0 Å². The lowest BCUT2D eigenvalue weighted by Gasteiger charge is -2.02. The average molecular weight is 188 g/mol. The number of hydrogen-bond donors (Lipinski definition) is 0. The second-order valence-corrected chi connectivity index (χ2v) is 3.22. The minimum Gasteiger partial charge on any atom is -0.0990 e. The maximum atomic E-state index is 3.71. The smallest absolute Gasteiger partial charge is 0.0231 e. The topological polar surface area (TPSA) is 0 Å². The largest absolute Gasteiger partial charge is 0.0990 e. The van der Waals surface area contributed by atoms with E-state index in [0.29, 0.717) is 0 Å². The molecule has 0 bridgehead atoms. The first-order chi connectivity index (χ1) is 6.65. The molecule has 0 aliphatic carbocycles. The van der Waals surface area contributed by atoms with E-state index >= 15 is 0 Å². The van der Waals surface area contributed by atoms with Gasteiger partial charge in [-0.15, -0.1) is 0 Å². The van der Waals surface area contributed by atoms with E-state index in [1.54, 1.807) is 0 Å². The molecular weight excluding hydrogens is 168 g/mol. The van der Waals surface area contributed by atoms with Crippen LogP contribution in [0.25, 0.3) is 0 Å². The molecule has 0 spiro atoms. The molecule has 0 unspecified atom stereocenters. The zero-order valence-electron chi connectivity index (χ0n) is 9.67. The van der Waals surface area contributed by atoms with Crippen LogP contribution in [0.4, 0.5) is 0 Å². The summed E-state index contributed by atoms with van der Waals surface area (Å²) in [6.07, 6.45) is 12.3. The highest BCUT2D eigenvalue weighted by atomic mass is 14.0. The Morgan fingerprint density at radius 1 is 1.14 bits per heavy atom. The Morgan fingerprint density at radius 2 is 1.79 bits per heavy atom. The molecule has 0 heterocycles. The fraction of sp³-hybridized carbons (Fsp3) is 0.286. The summed E-state index contributed by atoms with van der Waals surface area (Å²) in [5.41, 5.74) is 3.75. The van der Waals surface area contributed by atoms with Gasteiger partial charge in [0.2, 0.25) is 0 Å². The van der Waals surface area contributed by atoms with Crippen LogP contribution in [0, 0.1) is 0 Å². The average Bonchev–Trinajstić information content (AvgIpc) is 2.17. The van der Waals surface area contributed by atoms with Crippen LogP contribution in [0.15, 0.2) is 59.8 Å². The van der Waals surface area contributed by atoms with Crippen molar-refractivity contribution in [1.82, 2.24) is 0 Å². The van der Waals surface area contributed by atoms with Crippen LogP contribution < -0.4 is 0 Å². The fourth-order valence-electron chi connectivity index (χ4n) is 1.13. The summed E-state index contributed by atoms with van der Waals surface area (Å²) >= 11 is 0. The summed E-state index contributed by atoms with van der Waals surface area (Å²) in [6, 6.07) is 0. The Morgan fingerprint density at radius 3 is 2.21 bits per heavy atom. The van der Waals surface area contributed by atoms with Crippen molar-refractivity contribution in [3.8, 4) is 0 Å².